The Morgan fingerprint density at radius 3 is 2.45 bits per heavy atom. The molecule has 0 amide bonds. The second kappa shape index (κ2) is 6.24. The topological polar surface area (TPSA) is 38.3 Å². The minimum absolute atomic E-state index is 0.117. The zero-order valence-corrected chi connectivity index (χ0v) is 12.1. The van der Waals surface area contributed by atoms with Crippen LogP contribution >= 0.6 is 0 Å². The van der Waals surface area contributed by atoms with Crippen molar-refractivity contribution in [3.63, 3.8) is 0 Å². The van der Waals surface area contributed by atoms with E-state index < -0.39 is 0 Å². The molecule has 3 heteroatoms. The highest BCUT2D eigenvalue weighted by Crippen LogP contribution is 2.23. The Balaban J connectivity index is 2.21. The highest BCUT2D eigenvalue weighted by molar-refractivity contribution is 5.98. The SMILES string of the molecule is CNc1cc(OC)ccc1CC(=O)c1ccc(C)cc1. The number of rotatable bonds is 5. The van der Waals surface area contributed by atoms with Gasteiger partial charge in [-0.2, -0.15) is 0 Å². The Bertz CT molecular complexity index is 603. The van der Waals surface area contributed by atoms with Crippen LogP contribution in [-0.2, 0) is 6.42 Å². The summed E-state index contributed by atoms with van der Waals surface area (Å²) in [6, 6.07) is 13.4. The van der Waals surface area contributed by atoms with Crippen LogP contribution in [0.15, 0.2) is 42.5 Å². The molecular formula is C17H19NO2. The van der Waals surface area contributed by atoms with E-state index >= 15 is 0 Å². The number of hydrogen-bond donors (Lipinski definition) is 1. The molecular weight excluding hydrogens is 250 g/mol. The van der Waals surface area contributed by atoms with Crippen LogP contribution in [-0.4, -0.2) is 19.9 Å². The lowest BCUT2D eigenvalue weighted by molar-refractivity contribution is 0.0993. The van der Waals surface area contributed by atoms with E-state index in [0.29, 0.717) is 6.42 Å². The zero-order chi connectivity index (χ0) is 14.5. The smallest absolute Gasteiger partial charge is 0.167 e. The summed E-state index contributed by atoms with van der Waals surface area (Å²) in [6.45, 7) is 2.01. The molecule has 0 spiro atoms. The molecule has 0 fully saturated rings. The van der Waals surface area contributed by atoms with Crippen molar-refractivity contribution < 1.29 is 9.53 Å². The van der Waals surface area contributed by atoms with Gasteiger partial charge in [-0.3, -0.25) is 4.79 Å². The molecule has 20 heavy (non-hydrogen) atoms. The molecule has 3 nitrogen and oxygen atoms in total. The number of methoxy groups -OCH3 is 1. The van der Waals surface area contributed by atoms with Crippen LogP contribution in [0.25, 0.3) is 0 Å². The Morgan fingerprint density at radius 1 is 1.15 bits per heavy atom. The summed E-state index contributed by atoms with van der Waals surface area (Å²) in [5.41, 5.74) is 3.79. The van der Waals surface area contributed by atoms with Crippen molar-refractivity contribution >= 4 is 11.5 Å². The van der Waals surface area contributed by atoms with Gasteiger partial charge >= 0.3 is 0 Å². The average Bonchev–Trinajstić information content (AvgIpc) is 2.48. The summed E-state index contributed by atoms with van der Waals surface area (Å²) >= 11 is 0. The Morgan fingerprint density at radius 2 is 1.85 bits per heavy atom. The molecule has 1 N–H and O–H groups in total. The Hall–Kier alpha value is -2.29. The maximum atomic E-state index is 12.3. The van der Waals surface area contributed by atoms with Gasteiger partial charge < -0.3 is 10.1 Å². The first kappa shape index (κ1) is 14.1. The fraction of sp³-hybridized carbons (Fsp3) is 0.235. The molecule has 2 aromatic carbocycles. The minimum Gasteiger partial charge on any atom is -0.497 e. The van der Waals surface area contributed by atoms with Crippen LogP contribution in [0.1, 0.15) is 21.5 Å². The number of carbonyl (C=O) groups is 1. The molecule has 0 heterocycles. The number of anilines is 1. The lowest BCUT2D eigenvalue weighted by Gasteiger charge is -2.10. The molecule has 0 aliphatic carbocycles. The van der Waals surface area contributed by atoms with Gasteiger partial charge in [0, 0.05) is 30.8 Å². The second-order valence-electron chi connectivity index (χ2n) is 4.74. The van der Waals surface area contributed by atoms with Crippen LogP contribution in [0.3, 0.4) is 0 Å². The highest BCUT2D eigenvalue weighted by atomic mass is 16.5. The molecule has 0 aromatic heterocycles. The number of hydrogen-bond acceptors (Lipinski definition) is 3. The van der Waals surface area contributed by atoms with Crippen molar-refractivity contribution in [1.82, 2.24) is 0 Å². The van der Waals surface area contributed by atoms with Crippen LogP contribution in [0, 0.1) is 6.92 Å². The van der Waals surface area contributed by atoms with Crippen LogP contribution in [0.4, 0.5) is 5.69 Å². The predicted octanol–water partition coefficient (Wildman–Crippen LogP) is 3.47. The standard InChI is InChI=1S/C17H19NO2/c1-12-4-6-13(7-5-12)17(19)10-14-8-9-15(20-3)11-16(14)18-2/h4-9,11,18H,10H2,1-3H3. The van der Waals surface area contributed by atoms with Gasteiger partial charge in [0.2, 0.25) is 0 Å². The van der Waals surface area contributed by atoms with Crippen molar-refractivity contribution in [1.29, 1.82) is 0 Å². The molecule has 0 atom stereocenters. The van der Waals surface area contributed by atoms with E-state index in [-0.39, 0.29) is 5.78 Å². The molecule has 0 saturated carbocycles. The van der Waals surface area contributed by atoms with Crippen molar-refractivity contribution in [2.75, 3.05) is 19.5 Å². The monoisotopic (exact) mass is 269 g/mol. The van der Waals surface area contributed by atoms with Crippen molar-refractivity contribution in [3.8, 4) is 5.75 Å². The first-order valence-electron chi connectivity index (χ1n) is 6.58. The maximum Gasteiger partial charge on any atom is 0.167 e. The van der Waals surface area contributed by atoms with Gasteiger partial charge in [0.25, 0.3) is 0 Å². The summed E-state index contributed by atoms with van der Waals surface area (Å²) in [5, 5.41) is 3.10. The molecule has 0 bridgehead atoms. The highest BCUT2D eigenvalue weighted by Gasteiger charge is 2.10. The molecule has 0 radical (unpaired) electrons. The quantitative estimate of drug-likeness (QED) is 0.845. The van der Waals surface area contributed by atoms with E-state index in [1.165, 1.54) is 0 Å². The molecule has 2 rings (SSSR count). The third kappa shape index (κ3) is 3.18. The van der Waals surface area contributed by atoms with Gasteiger partial charge in [0.15, 0.2) is 5.78 Å². The number of benzene rings is 2. The number of nitrogens with one attached hydrogen (secondary N) is 1. The van der Waals surface area contributed by atoms with Gasteiger partial charge in [-0.25, -0.2) is 0 Å². The molecule has 104 valence electrons. The first-order chi connectivity index (χ1) is 9.63. The van der Waals surface area contributed by atoms with Crippen LogP contribution in [0.2, 0.25) is 0 Å². The van der Waals surface area contributed by atoms with Crippen molar-refractivity contribution in [2.45, 2.75) is 13.3 Å². The van der Waals surface area contributed by atoms with E-state index in [1.54, 1.807) is 7.11 Å². The fourth-order valence-corrected chi connectivity index (χ4v) is 2.08. The lowest BCUT2D eigenvalue weighted by Crippen LogP contribution is -2.06. The number of ether oxygens (including phenoxy) is 1. The van der Waals surface area contributed by atoms with E-state index in [0.717, 1.165) is 28.1 Å². The van der Waals surface area contributed by atoms with E-state index in [2.05, 4.69) is 5.32 Å². The first-order valence-corrected chi connectivity index (χ1v) is 6.58. The molecule has 0 saturated heterocycles. The summed E-state index contributed by atoms with van der Waals surface area (Å²) in [6.07, 6.45) is 0.378. The minimum atomic E-state index is 0.117. The second-order valence-corrected chi connectivity index (χ2v) is 4.74. The third-order valence-corrected chi connectivity index (χ3v) is 3.31. The Labute approximate surface area is 119 Å². The van der Waals surface area contributed by atoms with Gasteiger partial charge in [-0.15, -0.1) is 0 Å². The average molecular weight is 269 g/mol. The van der Waals surface area contributed by atoms with E-state index in [9.17, 15) is 4.79 Å². The summed E-state index contributed by atoms with van der Waals surface area (Å²) in [7, 11) is 3.47. The summed E-state index contributed by atoms with van der Waals surface area (Å²) in [4.78, 5) is 12.3. The number of ketones is 1. The lowest BCUT2D eigenvalue weighted by atomic mass is 10.0. The maximum absolute atomic E-state index is 12.3. The predicted molar refractivity (Wildman–Crippen MR) is 81.8 cm³/mol. The van der Waals surface area contributed by atoms with E-state index in [1.807, 2.05) is 56.4 Å². The van der Waals surface area contributed by atoms with Crippen molar-refractivity contribution in [3.05, 3.63) is 59.2 Å². The van der Waals surface area contributed by atoms with Gasteiger partial charge in [-0.05, 0) is 18.6 Å². The number of aryl methyl sites for hydroxylation is 1. The molecule has 0 unspecified atom stereocenters. The number of Topliss-reactive ketones (excluding diaryl/α,β-unsaturated/α-hetero) is 1. The largest absolute Gasteiger partial charge is 0.497 e. The number of carbonyl (C=O) groups excluding carboxylic acids is 1. The summed E-state index contributed by atoms with van der Waals surface area (Å²) < 4.78 is 5.19. The third-order valence-electron chi connectivity index (χ3n) is 3.31. The van der Waals surface area contributed by atoms with Crippen LogP contribution < -0.4 is 10.1 Å². The van der Waals surface area contributed by atoms with Gasteiger partial charge in [0.1, 0.15) is 5.75 Å². The van der Waals surface area contributed by atoms with E-state index in [4.69, 9.17) is 4.74 Å². The normalized spacial score (nSPS) is 10.2. The zero-order valence-electron chi connectivity index (χ0n) is 12.1. The van der Waals surface area contributed by atoms with Gasteiger partial charge in [-0.1, -0.05) is 35.9 Å². The van der Waals surface area contributed by atoms with Gasteiger partial charge in [0.05, 0.1) is 7.11 Å². The molecule has 0 aliphatic rings. The van der Waals surface area contributed by atoms with Crippen molar-refractivity contribution in [2.24, 2.45) is 0 Å². The fourth-order valence-electron chi connectivity index (χ4n) is 2.08. The summed E-state index contributed by atoms with van der Waals surface area (Å²) in [5.74, 6) is 0.896. The van der Waals surface area contributed by atoms with Crippen LogP contribution in [0.5, 0.6) is 5.75 Å². The molecule has 2 aromatic rings. The Kier molecular flexibility index (Phi) is 4.41. The molecule has 0 aliphatic heterocycles.